The first kappa shape index (κ1) is 21.1. The average molecular weight is 408 g/mol. The zero-order valence-electron chi connectivity index (χ0n) is 16.9. The van der Waals surface area contributed by atoms with Crippen LogP contribution in [0.1, 0.15) is 48.1 Å². The van der Waals surface area contributed by atoms with Crippen LogP contribution in [-0.2, 0) is 9.53 Å². The first-order valence-corrected chi connectivity index (χ1v) is 9.79. The molecule has 0 fully saturated rings. The van der Waals surface area contributed by atoms with Crippen molar-refractivity contribution in [3.8, 4) is 5.75 Å². The molecular weight excluding hydrogens is 384 g/mol. The number of esters is 2. The van der Waals surface area contributed by atoms with Gasteiger partial charge in [0.2, 0.25) is 0 Å². The second-order valence-electron chi connectivity index (χ2n) is 6.84. The summed E-state index contributed by atoms with van der Waals surface area (Å²) in [6.45, 7) is 2.04. The van der Waals surface area contributed by atoms with Gasteiger partial charge in [-0.15, -0.1) is 0 Å². The van der Waals surface area contributed by atoms with Gasteiger partial charge in [0.05, 0.1) is 24.3 Å². The minimum Gasteiger partial charge on any atom is -0.466 e. The van der Waals surface area contributed by atoms with Crippen molar-refractivity contribution >= 4 is 18.0 Å². The van der Waals surface area contributed by atoms with Crippen molar-refractivity contribution < 1.29 is 23.9 Å². The molecule has 0 saturated heterocycles. The predicted octanol–water partition coefficient (Wildman–Crippen LogP) is 3.88. The van der Waals surface area contributed by atoms with E-state index in [0.29, 0.717) is 34.6 Å². The van der Waals surface area contributed by atoms with Crippen LogP contribution in [0.4, 0.5) is 4.79 Å². The first-order valence-electron chi connectivity index (χ1n) is 9.79. The average Bonchev–Trinajstić information content (AvgIpc) is 2.77. The highest BCUT2D eigenvalue weighted by Crippen LogP contribution is 2.30. The highest BCUT2D eigenvalue weighted by Gasteiger charge is 2.33. The topological polar surface area (TPSA) is 93.7 Å². The zero-order valence-corrected chi connectivity index (χ0v) is 16.9. The van der Waals surface area contributed by atoms with Gasteiger partial charge in [0.25, 0.3) is 0 Å². The maximum Gasteiger partial charge on any atom is 0.343 e. The maximum absolute atomic E-state index is 12.5. The molecule has 1 aliphatic rings. The predicted molar refractivity (Wildman–Crippen MR) is 111 cm³/mol. The van der Waals surface area contributed by atoms with Gasteiger partial charge in [-0.1, -0.05) is 43.7 Å². The number of unbranched alkanes of at least 4 members (excludes halogenated alkanes) is 1. The lowest BCUT2D eigenvalue weighted by molar-refractivity contribution is -0.136. The number of amides is 2. The van der Waals surface area contributed by atoms with Crippen molar-refractivity contribution in [1.82, 2.24) is 10.6 Å². The Bertz CT molecular complexity index is 951. The molecule has 1 aliphatic heterocycles. The molecule has 2 amide bonds. The molecular formula is C23H24N2O5. The van der Waals surface area contributed by atoms with Gasteiger partial charge in [0, 0.05) is 5.70 Å². The Labute approximate surface area is 175 Å². The lowest BCUT2D eigenvalue weighted by Gasteiger charge is -2.29. The van der Waals surface area contributed by atoms with Crippen molar-refractivity contribution in [1.29, 1.82) is 0 Å². The summed E-state index contributed by atoms with van der Waals surface area (Å²) in [6.07, 6.45) is 2.32. The molecule has 3 rings (SSSR count). The number of urea groups is 1. The number of benzene rings is 2. The first-order chi connectivity index (χ1) is 14.5. The second kappa shape index (κ2) is 9.73. The fourth-order valence-electron chi connectivity index (χ4n) is 3.24. The molecule has 1 unspecified atom stereocenters. The van der Waals surface area contributed by atoms with Crippen LogP contribution in [-0.4, -0.2) is 25.1 Å². The van der Waals surface area contributed by atoms with E-state index in [2.05, 4.69) is 10.6 Å². The Morgan fingerprint density at radius 2 is 1.70 bits per heavy atom. The molecule has 7 heteroatoms. The van der Waals surface area contributed by atoms with E-state index < -0.39 is 18.0 Å². The molecule has 1 atom stereocenters. The number of allylic oxidation sites excluding steroid dienone is 1. The van der Waals surface area contributed by atoms with Crippen LogP contribution in [0.15, 0.2) is 65.9 Å². The van der Waals surface area contributed by atoms with E-state index in [1.165, 1.54) is 7.11 Å². The van der Waals surface area contributed by atoms with Crippen molar-refractivity contribution in [3.63, 3.8) is 0 Å². The van der Waals surface area contributed by atoms with Gasteiger partial charge in [-0.25, -0.2) is 14.4 Å². The van der Waals surface area contributed by atoms with E-state index >= 15 is 0 Å². The summed E-state index contributed by atoms with van der Waals surface area (Å²) in [7, 11) is 1.31. The summed E-state index contributed by atoms with van der Waals surface area (Å²) < 4.78 is 10.3. The van der Waals surface area contributed by atoms with E-state index in [0.717, 1.165) is 12.8 Å². The van der Waals surface area contributed by atoms with Crippen LogP contribution in [0.3, 0.4) is 0 Å². The third kappa shape index (κ3) is 4.86. The summed E-state index contributed by atoms with van der Waals surface area (Å²) in [6, 6.07) is 14.3. The summed E-state index contributed by atoms with van der Waals surface area (Å²) in [5.74, 6) is -0.601. The van der Waals surface area contributed by atoms with Crippen LogP contribution in [0.25, 0.3) is 0 Å². The van der Waals surface area contributed by atoms with Crippen molar-refractivity contribution in [2.75, 3.05) is 7.11 Å². The lowest BCUT2D eigenvalue weighted by Crippen LogP contribution is -2.45. The van der Waals surface area contributed by atoms with Gasteiger partial charge in [0.15, 0.2) is 0 Å². The molecule has 1 heterocycles. The molecule has 2 N–H and O–H groups in total. The molecule has 2 aromatic rings. The lowest BCUT2D eigenvalue weighted by atomic mass is 9.93. The Morgan fingerprint density at radius 1 is 1.00 bits per heavy atom. The largest absolute Gasteiger partial charge is 0.466 e. The number of hydrogen-bond acceptors (Lipinski definition) is 5. The monoisotopic (exact) mass is 408 g/mol. The van der Waals surface area contributed by atoms with Crippen LogP contribution < -0.4 is 15.4 Å². The molecule has 7 nitrogen and oxygen atoms in total. The third-order valence-corrected chi connectivity index (χ3v) is 4.77. The third-order valence-electron chi connectivity index (χ3n) is 4.77. The number of methoxy groups -OCH3 is 1. The standard InChI is InChI=1S/C23H24N2O5/c1-3-4-10-18-19(22(27)29-2)20(25-23(28)24-18)15-11-13-17(14-12-15)30-21(26)16-8-6-5-7-9-16/h5-9,11-14,20H,3-4,10H2,1-2H3,(H2,24,25,28). The Kier molecular flexibility index (Phi) is 6.85. The van der Waals surface area contributed by atoms with Gasteiger partial charge in [-0.3, -0.25) is 0 Å². The highest BCUT2D eigenvalue weighted by atomic mass is 16.5. The normalized spacial score (nSPS) is 15.8. The number of carbonyl (C=O) groups is 3. The Hall–Kier alpha value is -3.61. The second-order valence-corrected chi connectivity index (χ2v) is 6.84. The molecule has 0 aromatic heterocycles. The Morgan fingerprint density at radius 3 is 2.33 bits per heavy atom. The summed E-state index contributed by atoms with van der Waals surface area (Å²) in [5.41, 5.74) is 2.07. The van der Waals surface area contributed by atoms with Crippen LogP contribution in [0, 0.1) is 0 Å². The minimum absolute atomic E-state index is 0.364. The molecule has 0 spiro atoms. The van der Waals surface area contributed by atoms with Crippen molar-refractivity contribution in [3.05, 3.63) is 77.0 Å². The van der Waals surface area contributed by atoms with Gasteiger partial charge in [-0.05, 0) is 42.7 Å². The molecule has 2 aromatic carbocycles. The van der Waals surface area contributed by atoms with Gasteiger partial charge < -0.3 is 20.1 Å². The molecule has 0 saturated carbocycles. The highest BCUT2D eigenvalue weighted by molar-refractivity contribution is 5.95. The SMILES string of the molecule is CCCCC1=C(C(=O)OC)C(c2ccc(OC(=O)c3ccccc3)cc2)NC(=O)N1. The van der Waals surface area contributed by atoms with Crippen molar-refractivity contribution in [2.45, 2.75) is 32.2 Å². The van der Waals surface area contributed by atoms with Crippen LogP contribution >= 0.6 is 0 Å². The maximum atomic E-state index is 12.5. The Balaban J connectivity index is 1.84. The summed E-state index contributed by atoms with van der Waals surface area (Å²) >= 11 is 0. The van der Waals surface area contributed by atoms with Crippen LogP contribution in [0.5, 0.6) is 5.75 Å². The number of ether oxygens (including phenoxy) is 2. The number of hydrogen-bond donors (Lipinski definition) is 2. The number of carbonyl (C=O) groups excluding carboxylic acids is 3. The van der Waals surface area contributed by atoms with Crippen molar-refractivity contribution in [2.24, 2.45) is 0 Å². The van der Waals surface area contributed by atoms with Gasteiger partial charge in [0.1, 0.15) is 5.75 Å². The van der Waals surface area contributed by atoms with E-state index in [4.69, 9.17) is 9.47 Å². The summed E-state index contributed by atoms with van der Waals surface area (Å²) in [4.78, 5) is 36.8. The molecule has 0 aliphatic carbocycles. The van der Waals surface area contributed by atoms with E-state index in [-0.39, 0.29) is 6.03 Å². The molecule has 0 radical (unpaired) electrons. The van der Waals surface area contributed by atoms with Gasteiger partial charge >= 0.3 is 18.0 Å². The summed E-state index contributed by atoms with van der Waals surface area (Å²) in [5, 5.41) is 5.51. The zero-order chi connectivity index (χ0) is 21.5. The number of nitrogens with one attached hydrogen (secondary N) is 2. The fourth-order valence-corrected chi connectivity index (χ4v) is 3.24. The van der Waals surface area contributed by atoms with E-state index in [9.17, 15) is 14.4 Å². The van der Waals surface area contributed by atoms with E-state index in [1.54, 1.807) is 48.5 Å². The fraction of sp³-hybridized carbons (Fsp3) is 0.261. The molecule has 156 valence electrons. The number of rotatable bonds is 7. The minimum atomic E-state index is -0.656. The molecule has 30 heavy (non-hydrogen) atoms. The molecule has 0 bridgehead atoms. The smallest absolute Gasteiger partial charge is 0.343 e. The quantitative estimate of drug-likeness (QED) is 0.536. The van der Waals surface area contributed by atoms with E-state index in [1.807, 2.05) is 13.0 Å². The van der Waals surface area contributed by atoms with Crippen LogP contribution in [0.2, 0.25) is 0 Å². The van der Waals surface area contributed by atoms with Gasteiger partial charge in [-0.2, -0.15) is 0 Å².